The van der Waals surface area contributed by atoms with Gasteiger partial charge >= 0.3 is 0 Å². The lowest BCUT2D eigenvalue weighted by molar-refractivity contribution is -0.702. The van der Waals surface area contributed by atoms with E-state index in [1.165, 1.54) is 109 Å². The molecule has 0 amide bonds. The number of aryl methyl sites for hydroxylation is 2. The molecule has 0 aliphatic heterocycles. The molecule has 0 bridgehead atoms. The van der Waals surface area contributed by atoms with E-state index in [9.17, 15) is 8.42 Å². The smallest absolute Gasteiger partial charge is 0.263 e. The molecule has 0 aliphatic carbocycles. The van der Waals surface area contributed by atoms with Crippen molar-refractivity contribution >= 4 is 144 Å². The van der Waals surface area contributed by atoms with Gasteiger partial charge in [-0.05, 0) is 172 Å². The molecule has 14 rings (SSSR count). The highest BCUT2D eigenvalue weighted by Crippen LogP contribution is 2.31. The Bertz CT molecular complexity index is 5290. The Hall–Kier alpha value is -10.4. The lowest BCUT2D eigenvalue weighted by atomic mass is 9.98. The summed E-state index contributed by atoms with van der Waals surface area (Å²) in [7, 11) is -3.62. The van der Waals surface area contributed by atoms with Crippen LogP contribution in [0.25, 0.3) is 36.5 Å². The number of aliphatic imine (C=N–C) groups is 1. The molecule has 0 fully saturated rings. The van der Waals surface area contributed by atoms with Crippen LogP contribution in [0.1, 0.15) is 246 Å². The number of nitrogens with zero attached hydrogens (tertiary/aromatic N) is 10. The fourth-order valence-electron chi connectivity index (χ4n) is 11.7. The molecule has 752 valence electrons. The Kier molecular flexibility index (Phi) is 73.9. The molecule has 14 aromatic rings. The van der Waals surface area contributed by atoms with Gasteiger partial charge < -0.3 is 24.8 Å². The minimum Gasteiger partial charge on any atom is -1.00 e. The van der Waals surface area contributed by atoms with Gasteiger partial charge in [0.25, 0.3) is 10.0 Å². The number of aromatic nitrogens is 9. The Balaban J connectivity index is 0.000000782. The van der Waals surface area contributed by atoms with E-state index in [0.717, 1.165) is 90.0 Å². The molecule has 0 saturated heterocycles. The molecule has 23 heteroatoms. The number of thioether (sulfide) groups is 5. The van der Waals surface area contributed by atoms with Gasteiger partial charge in [-0.15, -0.1) is 20.4 Å². The van der Waals surface area contributed by atoms with Gasteiger partial charge in [0.15, 0.2) is 48.4 Å². The van der Waals surface area contributed by atoms with Crippen molar-refractivity contribution in [3.63, 3.8) is 0 Å². The monoisotopic (exact) mass is 2080 g/mol. The number of anilines is 1. The van der Waals surface area contributed by atoms with Gasteiger partial charge in [0.1, 0.15) is 13.1 Å². The van der Waals surface area contributed by atoms with Crippen molar-refractivity contribution in [2.75, 3.05) is 33.5 Å². The number of sulfonamides is 1. The SMILES string of the molecule is C=Cc1ccccc1.C=Cc1ccccc1.C=Cc1ccccc1.C=Cc1ccccc1.C=Cc1ccccc1.C=Cc1ccccc1.CCC(C)c1cc[n+](CC)cc1.CCC(C)c1cccc[n+]1CC.CCC(C)c1ccccc1.CCSc1nc(SCC)nc(SCC)n1.CCSc1nnc(N=Cc2ccc(C(C)CC)cc2)s1.CCSc1nnc(NS(=O)(=O)c2ccc(C(C)CC)cc2)s1.[Cl-].[Cl-]. The molecule has 5 heterocycles. The van der Waals surface area contributed by atoms with Gasteiger partial charge in [-0.2, -0.15) is 15.0 Å². The summed E-state index contributed by atoms with van der Waals surface area (Å²) in [5.41, 5.74) is 15.0. The Morgan fingerprint density at radius 2 is 0.624 bits per heavy atom. The van der Waals surface area contributed by atoms with Crippen molar-refractivity contribution in [2.45, 2.75) is 222 Å². The molecule has 9 aromatic carbocycles. The molecule has 0 aliphatic rings. The van der Waals surface area contributed by atoms with Crippen LogP contribution in [-0.2, 0) is 23.1 Å². The molecule has 5 unspecified atom stereocenters. The Labute approximate surface area is 890 Å². The fraction of sp³-hybridized carbons (Fsp3) is 0.288. The van der Waals surface area contributed by atoms with Gasteiger partial charge in [-0.3, -0.25) is 4.72 Å². The summed E-state index contributed by atoms with van der Waals surface area (Å²) in [4.78, 5) is 17.8. The van der Waals surface area contributed by atoms with Gasteiger partial charge in [-0.1, -0.05) is 516 Å². The quantitative estimate of drug-likeness (QED) is 0.0235. The third-order valence-corrected chi connectivity index (χ3v) is 28.2. The minimum absolute atomic E-state index is 0. The molecule has 0 spiro atoms. The third-order valence-electron chi connectivity index (χ3n) is 20.9. The largest absolute Gasteiger partial charge is 1.00 e. The normalized spacial score (nSPS) is 11.0. The number of halogens is 2. The highest BCUT2D eigenvalue weighted by atomic mass is 35.5. The molecular formula is C118H151Cl2N11O2S8. The first-order chi connectivity index (χ1) is 67.5. The standard InChI is InChI=1S/C15H19N3S2.C14H19N3O2S3.2C11H18N.C10H14.C9H15N3S3.6C8H8.2ClH/c1-4-11(3)13-8-6-12(7-9-13)10-16-14-17-18-15(20-14)19-5-2;1-4-10(3)11-6-8-12(9-7-11)22(18,19)17-13-15-16-14(21-13)20-5-2;1-4-10(3)11-6-8-12(5-2)9-7-11;1-4-10(3)11-8-6-7-9-12(11)5-2;1-3-9(2)10-7-5-4-6-8-10;1-4-13-7-10-8(14-5-2)12-9(11-7)15-6-3;6*1-2-8-6-4-3-5-7-8;;/h6-11H,4-5H2,1-3H3;6-10H,4-5H2,1-3H3,(H,15,17);2*6-10H,4-5H2,1-3H3;4-9H,3H2,1-2H3;4-6H2,1-3H3;6*2-7H,1H2;2*1H/q;;2*+1;;;;;;;;;;/p-2. The summed E-state index contributed by atoms with van der Waals surface area (Å²) in [6, 6.07) is 97.2. The molecule has 13 nitrogen and oxygen atoms in total. The number of benzene rings is 9. The van der Waals surface area contributed by atoms with E-state index in [2.05, 4.69) is 308 Å². The van der Waals surface area contributed by atoms with E-state index < -0.39 is 10.0 Å². The van der Waals surface area contributed by atoms with Crippen LogP contribution in [0.5, 0.6) is 0 Å². The third kappa shape index (κ3) is 56.3. The van der Waals surface area contributed by atoms with E-state index in [1.807, 2.05) is 244 Å². The summed E-state index contributed by atoms with van der Waals surface area (Å²) < 4.78 is 33.4. The first-order valence-electron chi connectivity index (χ1n) is 47.9. The molecule has 0 radical (unpaired) electrons. The first kappa shape index (κ1) is 129. The van der Waals surface area contributed by atoms with Crippen LogP contribution in [0, 0.1) is 0 Å². The lowest BCUT2D eigenvalue weighted by Crippen LogP contribution is -3.00. The first-order valence-corrected chi connectivity index (χ1v) is 55.9. The van der Waals surface area contributed by atoms with E-state index in [0.29, 0.717) is 39.9 Å². The second kappa shape index (κ2) is 81.1. The average Bonchev–Trinajstić information content (AvgIpc) is 1.80. The summed E-state index contributed by atoms with van der Waals surface area (Å²) in [5, 5.41) is 19.5. The zero-order chi connectivity index (χ0) is 102. The Morgan fingerprint density at radius 3 is 0.929 bits per heavy atom. The second-order valence-electron chi connectivity index (χ2n) is 30.7. The van der Waals surface area contributed by atoms with Crippen molar-refractivity contribution in [1.29, 1.82) is 0 Å². The maximum absolute atomic E-state index is 12.3. The molecule has 0 saturated carbocycles. The maximum atomic E-state index is 12.3. The zero-order valence-electron chi connectivity index (χ0n) is 85.9. The maximum Gasteiger partial charge on any atom is 0.263 e. The number of nitrogens with one attached hydrogen (secondary N) is 1. The van der Waals surface area contributed by atoms with Crippen LogP contribution < -0.4 is 38.7 Å². The molecular weight excluding hydrogens is 1930 g/mol. The average molecular weight is 2080 g/mol. The topological polar surface area (TPSA) is 157 Å². The van der Waals surface area contributed by atoms with E-state index in [4.69, 9.17) is 0 Å². The van der Waals surface area contributed by atoms with Crippen LogP contribution in [0.15, 0.2) is 383 Å². The second-order valence-corrected chi connectivity index (χ2v) is 41.0. The van der Waals surface area contributed by atoms with Crippen LogP contribution in [0.3, 0.4) is 0 Å². The highest BCUT2D eigenvalue weighted by molar-refractivity contribution is 8.01. The minimum atomic E-state index is -3.62. The van der Waals surface area contributed by atoms with Gasteiger partial charge in [-0.25, -0.2) is 22.5 Å². The van der Waals surface area contributed by atoms with Gasteiger partial charge in [0, 0.05) is 36.4 Å². The van der Waals surface area contributed by atoms with Gasteiger partial charge in [0.05, 0.1) is 4.90 Å². The van der Waals surface area contributed by atoms with E-state index in [-0.39, 0.29) is 29.7 Å². The van der Waals surface area contributed by atoms with E-state index in [1.54, 1.807) is 59.2 Å². The summed E-state index contributed by atoms with van der Waals surface area (Å²) in [6.07, 6.45) is 25.2. The summed E-state index contributed by atoms with van der Waals surface area (Å²) >= 11 is 11.0. The van der Waals surface area contributed by atoms with Crippen LogP contribution >= 0.6 is 81.5 Å². The number of rotatable bonds is 33. The van der Waals surface area contributed by atoms with Crippen molar-refractivity contribution in [2.24, 2.45) is 4.99 Å². The van der Waals surface area contributed by atoms with Crippen LogP contribution in [0.4, 0.5) is 10.3 Å². The predicted octanol–water partition coefficient (Wildman–Crippen LogP) is 28.3. The highest BCUT2D eigenvalue weighted by Gasteiger charge is 2.19. The van der Waals surface area contributed by atoms with Gasteiger partial charge in [0.2, 0.25) is 10.3 Å². The zero-order valence-corrected chi connectivity index (χ0v) is 94.0. The van der Waals surface area contributed by atoms with Crippen LogP contribution in [0.2, 0.25) is 0 Å². The lowest BCUT2D eigenvalue weighted by Gasteiger charge is -2.10. The molecule has 141 heavy (non-hydrogen) atoms. The number of hydrogen-bond acceptors (Lipinski definition) is 17. The fourth-order valence-corrected chi connectivity index (χ4v) is 18.0. The molecule has 5 aromatic heterocycles. The number of pyridine rings is 2. The molecule has 5 atom stereocenters. The predicted molar refractivity (Wildman–Crippen MR) is 616 cm³/mol. The van der Waals surface area contributed by atoms with Crippen molar-refractivity contribution in [3.8, 4) is 0 Å². The summed E-state index contributed by atoms with van der Waals surface area (Å²) in [5.74, 6) is 7.97. The summed E-state index contributed by atoms with van der Waals surface area (Å²) in [6.45, 7) is 60.9. The molecule has 1 N–H and O–H groups in total. The van der Waals surface area contributed by atoms with Crippen LogP contribution in [-0.4, -0.2) is 78.7 Å². The Morgan fingerprint density at radius 1 is 0.326 bits per heavy atom. The van der Waals surface area contributed by atoms with Crippen molar-refractivity contribution in [3.05, 3.63) is 416 Å². The number of hydrogen-bond donors (Lipinski definition) is 1. The van der Waals surface area contributed by atoms with E-state index >= 15 is 0 Å². The van der Waals surface area contributed by atoms with Crippen molar-refractivity contribution in [1.82, 2.24) is 35.3 Å². The van der Waals surface area contributed by atoms with Crippen molar-refractivity contribution < 1.29 is 42.4 Å².